The number of carbonyl (C=O) groups excluding carboxylic acids is 1. The van der Waals surface area contributed by atoms with Crippen molar-refractivity contribution in [3.8, 4) is 0 Å². The molecule has 142 valence electrons. The zero-order valence-electron chi connectivity index (χ0n) is 15.5. The number of likely N-dealkylation sites (N-methyl/N-ethyl adjacent to an activating group) is 1. The van der Waals surface area contributed by atoms with Gasteiger partial charge in [-0.2, -0.15) is 4.72 Å². The number of aromatic nitrogens is 1. The molecule has 1 amide bonds. The standard InChI is InChI=1S/C20H23N3O3S/c1-13-7-6-8-14(2)19(13)27(25,26)23-18(20(24)21-3)11-15-12-22-17-10-5-4-9-16(15)17/h4-10,12,18,22-23H,11H2,1-3H3,(H,21,24)/t18-/m0/s1. The van der Waals surface area contributed by atoms with Crippen LogP contribution < -0.4 is 10.0 Å². The van der Waals surface area contributed by atoms with Gasteiger partial charge in [-0.1, -0.05) is 36.4 Å². The molecular weight excluding hydrogens is 362 g/mol. The monoisotopic (exact) mass is 385 g/mol. The third kappa shape index (κ3) is 3.89. The molecule has 0 saturated heterocycles. The van der Waals surface area contributed by atoms with Crippen molar-refractivity contribution < 1.29 is 13.2 Å². The molecule has 0 unspecified atom stereocenters. The molecule has 0 saturated carbocycles. The van der Waals surface area contributed by atoms with Crippen LogP contribution in [0.3, 0.4) is 0 Å². The largest absolute Gasteiger partial charge is 0.361 e. The van der Waals surface area contributed by atoms with Crippen molar-refractivity contribution in [3.05, 3.63) is 65.4 Å². The number of hydrogen-bond donors (Lipinski definition) is 3. The predicted molar refractivity (Wildman–Crippen MR) is 106 cm³/mol. The molecule has 0 spiro atoms. The fourth-order valence-corrected chi connectivity index (χ4v) is 5.02. The number of nitrogens with one attached hydrogen (secondary N) is 3. The fraction of sp³-hybridized carbons (Fsp3) is 0.250. The molecule has 1 aromatic heterocycles. The number of rotatable bonds is 6. The Kier molecular flexibility index (Phi) is 5.34. The molecule has 2 aromatic carbocycles. The molecule has 0 aliphatic heterocycles. The van der Waals surface area contributed by atoms with Crippen LogP contribution in [0.1, 0.15) is 16.7 Å². The Morgan fingerprint density at radius 3 is 2.41 bits per heavy atom. The molecule has 6 nitrogen and oxygen atoms in total. The molecular formula is C20H23N3O3S. The lowest BCUT2D eigenvalue weighted by Gasteiger charge is -2.19. The van der Waals surface area contributed by atoms with E-state index >= 15 is 0 Å². The summed E-state index contributed by atoms with van der Waals surface area (Å²) in [5.41, 5.74) is 3.11. The summed E-state index contributed by atoms with van der Waals surface area (Å²) in [7, 11) is -2.36. The van der Waals surface area contributed by atoms with Crippen LogP contribution in [0.25, 0.3) is 10.9 Å². The van der Waals surface area contributed by atoms with Crippen molar-refractivity contribution in [2.24, 2.45) is 0 Å². The molecule has 3 rings (SSSR count). The summed E-state index contributed by atoms with van der Waals surface area (Å²) in [6, 6.07) is 12.1. The first-order valence-electron chi connectivity index (χ1n) is 8.68. The third-order valence-corrected chi connectivity index (χ3v) is 6.41. The number of para-hydroxylation sites is 1. The number of sulfonamides is 1. The molecule has 0 radical (unpaired) electrons. The summed E-state index contributed by atoms with van der Waals surface area (Å²) in [6.07, 6.45) is 2.06. The minimum absolute atomic E-state index is 0.220. The second kappa shape index (κ2) is 7.54. The quantitative estimate of drug-likeness (QED) is 0.609. The van der Waals surface area contributed by atoms with Crippen molar-refractivity contribution >= 4 is 26.8 Å². The van der Waals surface area contributed by atoms with Gasteiger partial charge in [0.1, 0.15) is 6.04 Å². The zero-order chi connectivity index (χ0) is 19.6. The summed E-state index contributed by atoms with van der Waals surface area (Å²) in [5.74, 6) is -0.380. The van der Waals surface area contributed by atoms with Crippen LogP contribution in [0, 0.1) is 13.8 Å². The molecule has 3 aromatic rings. The van der Waals surface area contributed by atoms with Crippen LogP contribution in [0.5, 0.6) is 0 Å². The van der Waals surface area contributed by atoms with Gasteiger partial charge in [-0.05, 0) is 43.0 Å². The molecule has 0 aliphatic rings. The van der Waals surface area contributed by atoms with Gasteiger partial charge in [-0.25, -0.2) is 8.42 Å². The van der Waals surface area contributed by atoms with Crippen LogP contribution in [0.15, 0.2) is 53.6 Å². The smallest absolute Gasteiger partial charge is 0.241 e. The average Bonchev–Trinajstić information content (AvgIpc) is 3.03. The first-order valence-corrected chi connectivity index (χ1v) is 10.2. The van der Waals surface area contributed by atoms with E-state index in [0.717, 1.165) is 16.5 Å². The highest BCUT2D eigenvalue weighted by atomic mass is 32.2. The Labute approximate surface area is 159 Å². The summed E-state index contributed by atoms with van der Waals surface area (Å²) in [5, 5.41) is 3.52. The molecule has 7 heteroatoms. The van der Waals surface area contributed by atoms with Crippen LogP contribution in [0.4, 0.5) is 0 Å². The van der Waals surface area contributed by atoms with Crippen molar-refractivity contribution in [2.75, 3.05) is 7.05 Å². The van der Waals surface area contributed by atoms with Crippen molar-refractivity contribution in [3.63, 3.8) is 0 Å². The van der Waals surface area contributed by atoms with Crippen LogP contribution in [-0.2, 0) is 21.2 Å². The predicted octanol–water partition coefficient (Wildman–Crippen LogP) is 2.42. The van der Waals surface area contributed by atoms with E-state index in [9.17, 15) is 13.2 Å². The number of amides is 1. The number of aryl methyl sites for hydroxylation is 2. The minimum atomic E-state index is -3.85. The maximum absolute atomic E-state index is 13.0. The highest BCUT2D eigenvalue weighted by molar-refractivity contribution is 7.89. The van der Waals surface area contributed by atoms with E-state index in [0.29, 0.717) is 11.1 Å². The van der Waals surface area contributed by atoms with Crippen molar-refractivity contribution in [1.29, 1.82) is 0 Å². The molecule has 0 aliphatic carbocycles. The van der Waals surface area contributed by atoms with Gasteiger partial charge >= 0.3 is 0 Å². The molecule has 3 N–H and O–H groups in total. The van der Waals surface area contributed by atoms with E-state index in [4.69, 9.17) is 0 Å². The Bertz CT molecular complexity index is 1070. The van der Waals surface area contributed by atoms with E-state index in [1.807, 2.05) is 36.5 Å². The summed E-state index contributed by atoms with van der Waals surface area (Å²) in [4.78, 5) is 15.8. The van der Waals surface area contributed by atoms with Gasteiger partial charge in [0.15, 0.2) is 0 Å². The molecule has 1 atom stereocenters. The molecule has 0 bridgehead atoms. The maximum Gasteiger partial charge on any atom is 0.241 e. The number of carbonyl (C=O) groups is 1. The fourth-order valence-electron chi connectivity index (χ4n) is 3.35. The Hall–Kier alpha value is -2.64. The second-order valence-corrected chi connectivity index (χ2v) is 8.22. The van der Waals surface area contributed by atoms with Gasteiger partial charge in [0.25, 0.3) is 0 Å². The average molecular weight is 385 g/mol. The van der Waals surface area contributed by atoms with Gasteiger partial charge in [-0.15, -0.1) is 0 Å². The lowest BCUT2D eigenvalue weighted by molar-refractivity contribution is -0.122. The second-order valence-electron chi connectivity index (χ2n) is 6.57. The lowest BCUT2D eigenvalue weighted by Crippen LogP contribution is -2.47. The molecule has 1 heterocycles. The van der Waals surface area contributed by atoms with Crippen LogP contribution in [0.2, 0.25) is 0 Å². The number of hydrogen-bond acceptors (Lipinski definition) is 3. The van der Waals surface area contributed by atoms with E-state index in [-0.39, 0.29) is 17.2 Å². The van der Waals surface area contributed by atoms with Gasteiger partial charge in [-0.3, -0.25) is 4.79 Å². The summed E-state index contributed by atoms with van der Waals surface area (Å²) in [6.45, 7) is 3.49. The van der Waals surface area contributed by atoms with Crippen LogP contribution >= 0.6 is 0 Å². The first kappa shape index (κ1) is 19.1. The Morgan fingerprint density at radius 1 is 1.07 bits per heavy atom. The molecule has 0 fully saturated rings. The number of fused-ring (bicyclic) bond motifs is 1. The van der Waals surface area contributed by atoms with Gasteiger partial charge in [0.05, 0.1) is 4.90 Å². The highest BCUT2D eigenvalue weighted by Crippen LogP contribution is 2.22. The maximum atomic E-state index is 13.0. The van der Waals surface area contributed by atoms with Crippen LogP contribution in [-0.4, -0.2) is 32.4 Å². The SMILES string of the molecule is CNC(=O)[C@H](Cc1c[nH]c2ccccc12)NS(=O)(=O)c1c(C)cccc1C. The van der Waals surface area contributed by atoms with Gasteiger partial charge in [0.2, 0.25) is 15.9 Å². The minimum Gasteiger partial charge on any atom is -0.361 e. The Balaban J connectivity index is 1.95. The zero-order valence-corrected chi connectivity index (χ0v) is 16.4. The van der Waals surface area contributed by atoms with Gasteiger partial charge < -0.3 is 10.3 Å². The van der Waals surface area contributed by atoms with Crippen molar-refractivity contribution in [1.82, 2.24) is 15.0 Å². The molecule has 27 heavy (non-hydrogen) atoms. The normalized spacial score (nSPS) is 12.9. The van der Waals surface area contributed by atoms with E-state index in [1.54, 1.807) is 26.0 Å². The van der Waals surface area contributed by atoms with E-state index in [1.165, 1.54) is 7.05 Å². The van der Waals surface area contributed by atoms with E-state index < -0.39 is 16.1 Å². The first-order chi connectivity index (χ1) is 12.8. The van der Waals surface area contributed by atoms with Crippen molar-refractivity contribution in [2.45, 2.75) is 31.2 Å². The number of H-pyrrole nitrogens is 1. The number of aromatic amines is 1. The van der Waals surface area contributed by atoms with Gasteiger partial charge in [0, 0.05) is 24.1 Å². The Morgan fingerprint density at radius 2 is 1.74 bits per heavy atom. The summed E-state index contributed by atoms with van der Waals surface area (Å²) < 4.78 is 28.6. The third-order valence-electron chi connectivity index (χ3n) is 4.64. The van der Waals surface area contributed by atoms with E-state index in [2.05, 4.69) is 15.0 Å². The highest BCUT2D eigenvalue weighted by Gasteiger charge is 2.28. The number of benzene rings is 2. The lowest BCUT2D eigenvalue weighted by atomic mass is 10.1. The topological polar surface area (TPSA) is 91.1 Å². The summed E-state index contributed by atoms with van der Waals surface area (Å²) >= 11 is 0.